The number of hydrogen-bond acceptors (Lipinski definition) is 4. The van der Waals surface area contributed by atoms with E-state index in [4.69, 9.17) is 22.1 Å². The Morgan fingerprint density at radius 2 is 1.83 bits per heavy atom. The normalized spacial score (nSPS) is 13.0. The zero-order chi connectivity index (χ0) is 21.8. The van der Waals surface area contributed by atoms with Gasteiger partial charge in [-0.25, -0.2) is 0 Å². The second-order valence-corrected chi connectivity index (χ2v) is 6.17. The van der Waals surface area contributed by atoms with Crippen molar-refractivity contribution in [3.8, 4) is 11.5 Å². The molecule has 0 saturated carbocycles. The zero-order valence-corrected chi connectivity index (χ0v) is 16.0. The number of rotatable bonds is 5. The maximum Gasteiger partial charge on any atom is 0.416 e. The molecule has 0 bridgehead atoms. The third-order valence-corrected chi connectivity index (χ3v) is 3.93. The van der Waals surface area contributed by atoms with Gasteiger partial charge in [-0.05, 0) is 37.3 Å². The SMILES string of the molecule is CN=C(F)C(C(=O)Nc1ccccc1Oc1ccc(C(F)(F)F)cc1Cl)=C(C)N. The number of carbonyl (C=O) groups is 1. The molecule has 154 valence electrons. The molecule has 0 heterocycles. The first-order valence-corrected chi connectivity index (χ1v) is 8.46. The van der Waals surface area contributed by atoms with Gasteiger partial charge in [0.05, 0.1) is 16.3 Å². The van der Waals surface area contributed by atoms with E-state index in [1.807, 2.05) is 0 Å². The number of nitrogens with two attached hydrogens (primary N) is 1. The molecule has 0 fully saturated rings. The van der Waals surface area contributed by atoms with Gasteiger partial charge in [-0.15, -0.1) is 0 Å². The average molecular weight is 430 g/mol. The predicted molar refractivity (Wildman–Crippen MR) is 103 cm³/mol. The molecule has 2 aromatic carbocycles. The maximum atomic E-state index is 13.8. The number of carbonyl (C=O) groups excluding carboxylic acids is 1. The number of aliphatic imine (C=N–C) groups is 1. The molecule has 0 unspecified atom stereocenters. The van der Waals surface area contributed by atoms with Crippen molar-refractivity contribution in [1.29, 1.82) is 0 Å². The van der Waals surface area contributed by atoms with Gasteiger partial charge in [0.15, 0.2) is 5.75 Å². The summed E-state index contributed by atoms with van der Waals surface area (Å²) in [4.78, 5) is 15.7. The summed E-state index contributed by atoms with van der Waals surface area (Å²) in [6.45, 7) is 1.34. The largest absolute Gasteiger partial charge is 0.454 e. The minimum Gasteiger partial charge on any atom is -0.454 e. The Balaban J connectivity index is 2.33. The molecule has 29 heavy (non-hydrogen) atoms. The molecule has 0 atom stereocenters. The fraction of sp³-hybridized carbons (Fsp3) is 0.158. The molecule has 0 aliphatic rings. The van der Waals surface area contributed by atoms with Crippen LogP contribution in [0.5, 0.6) is 11.5 Å². The Kier molecular flexibility index (Phi) is 6.86. The molecule has 0 spiro atoms. The molecule has 0 saturated heterocycles. The van der Waals surface area contributed by atoms with Crippen LogP contribution in [0.4, 0.5) is 23.2 Å². The lowest BCUT2D eigenvalue weighted by Gasteiger charge is -2.15. The second kappa shape index (κ2) is 8.95. The Bertz CT molecular complexity index is 984. The van der Waals surface area contributed by atoms with Crippen molar-refractivity contribution >= 4 is 29.2 Å². The molecule has 1 amide bonds. The summed E-state index contributed by atoms with van der Waals surface area (Å²) in [5.74, 6) is -1.91. The average Bonchev–Trinajstić information content (AvgIpc) is 2.63. The lowest BCUT2D eigenvalue weighted by molar-refractivity contribution is -0.137. The number of amides is 1. The number of nitrogens with zero attached hydrogens (tertiary/aromatic N) is 1. The third kappa shape index (κ3) is 5.47. The topological polar surface area (TPSA) is 76.7 Å². The van der Waals surface area contributed by atoms with Crippen molar-refractivity contribution in [2.45, 2.75) is 13.1 Å². The minimum atomic E-state index is -4.55. The van der Waals surface area contributed by atoms with Crippen LogP contribution in [-0.2, 0) is 11.0 Å². The van der Waals surface area contributed by atoms with Crippen LogP contribution in [0.25, 0.3) is 0 Å². The molecule has 0 aliphatic carbocycles. The predicted octanol–water partition coefficient (Wildman–Crippen LogP) is 5.32. The first-order chi connectivity index (χ1) is 13.5. The number of alkyl halides is 3. The van der Waals surface area contributed by atoms with E-state index in [2.05, 4.69) is 10.3 Å². The molecular formula is C19H16ClF4N3O2. The maximum absolute atomic E-state index is 13.8. The van der Waals surface area contributed by atoms with Crippen LogP contribution in [0.1, 0.15) is 12.5 Å². The Labute approximate surface area is 168 Å². The summed E-state index contributed by atoms with van der Waals surface area (Å²) in [5, 5.41) is 2.16. The van der Waals surface area contributed by atoms with Crippen molar-refractivity contribution in [2.75, 3.05) is 12.4 Å². The highest BCUT2D eigenvalue weighted by molar-refractivity contribution is 6.32. The van der Waals surface area contributed by atoms with Crippen molar-refractivity contribution < 1.29 is 27.1 Å². The first-order valence-electron chi connectivity index (χ1n) is 8.08. The van der Waals surface area contributed by atoms with E-state index in [-0.39, 0.29) is 27.9 Å². The van der Waals surface area contributed by atoms with E-state index in [0.29, 0.717) is 0 Å². The number of ether oxygens (including phenoxy) is 1. The van der Waals surface area contributed by atoms with Crippen molar-refractivity contribution in [3.05, 3.63) is 64.3 Å². The van der Waals surface area contributed by atoms with Crippen molar-refractivity contribution in [1.82, 2.24) is 0 Å². The highest BCUT2D eigenvalue weighted by atomic mass is 35.5. The number of hydrogen-bond donors (Lipinski definition) is 2. The smallest absolute Gasteiger partial charge is 0.416 e. The Hall–Kier alpha value is -3.07. The van der Waals surface area contributed by atoms with Gasteiger partial charge in [-0.3, -0.25) is 9.79 Å². The number of nitrogens with one attached hydrogen (secondary N) is 1. The highest BCUT2D eigenvalue weighted by Crippen LogP contribution is 2.38. The standard InChI is InChI=1S/C19H16ClF4N3O2/c1-10(25)16(17(21)26-2)18(28)27-13-5-3-4-6-15(13)29-14-8-7-11(9-12(14)20)19(22,23)24/h3-9H,25H2,1-2H3,(H,27,28). The summed E-state index contributed by atoms with van der Waals surface area (Å²) in [5.41, 5.74) is 4.21. The van der Waals surface area contributed by atoms with Gasteiger partial charge in [0.25, 0.3) is 5.91 Å². The molecule has 0 aromatic heterocycles. The monoisotopic (exact) mass is 429 g/mol. The minimum absolute atomic E-state index is 0.0616. The summed E-state index contributed by atoms with van der Waals surface area (Å²) >= 11 is 5.89. The Morgan fingerprint density at radius 1 is 1.17 bits per heavy atom. The van der Waals surface area contributed by atoms with E-state index < -0.39 is 29.2 Å². The summed E-state index contributed by atoms with van der Waals surface area (Å²) in [6, 6.07) is 8.64. The molecule has 0 radical (unpaired) electrons. The zero-order valence-electron chi connectivity index (χ0n) is 15.3. The Morgan fingerprint density at radius 3 is 2.38 bits per heavy atom. The summed E-state index contributed by atoms with van der Waals surface area (Å²) in [7, 11) is 1.16. The number of halogens is 5. The molecule has 5 nitrogen and oxygen atoms in total. The van der Waals surface area contributed by atoms with E-state index in [1.165, 1.54) is 19.1 Å². The van der Waals surface area contributed by atoms with E-state index in [9.17, 15) is 22.4 Å². The first kappa shape index (κ1) is 22.2. The van der Waals surface area contributed by atoms with Crippen LogP contribution in [0, 0.1) is 0 Å². The van der Waals surface area contributed by atoms with Gasteiger partial charge in [0.2, 0.25) is 5.97 Å². The van der Waals surface area contributed by atoms with E-state index in [0.717, 1.165) is 25.2 Å². The quantitative estimate of drug-likeness (QED) is 0.383. The third-order valence-electron chi connectivity index (χ3n) is 3.64. The van der Waals surface area contributed by atoms with Gasteiger partial charge in [0.1, 0.15) is 11.3 Å². The molecule has 0 aliphatic heterocycles. The highest BCUT2D eigenvalue weighted by Gasteiger charge is 2.31. The second-order valence-electron chi connectivity index (χ2n) is 5.77. The van der Waals surface area contributed by atoms with Crippen LogP contribution >= 0.6 is 11.6 Å². The fourth-order valence-corrected chi connectivity index (χ4v) is 2.49. The van der Waals surface area contributed by atoms with Crippen LogP contribution in [0.15, 0.2) is 58.7 Å². The van der Waals surface area contributed by atoms with Crippen LogP contribution in [-0.4, -0.2) is 18.9 Å². The van der Waals surface area contributed by atoms with E-state index in [1.54, 1.807) is 12.1 Å². The number of allylic oxidation sites excluding steroid dienone is 1. The summed E-state index contributed by atoms with van der Waals surface area (Å²) in [6.07, 6.45) is -4.55. The van der Waals surface area contributed by atoms with Gasteiger partial charge in [0, 0.05) is 12.7 Å². The van der Waals surface area contributed by atoms with Gasteiger partial charge < -0.3 is 15.8 Å². The van der Waals surface area contributed by atoms with Crippen LogP contribution in [0.3, 0.4) is 0 Å². The lowest BCUT2D eigenvalue weighted by Crippen LogP contribution is -2.22. The van der Waals surface area contributed by atoms with Crippen LogP contribution in [0.2, 0.25) is 5.02 Å². The number of benzene rings is 2. The van der Waals surface area contributed by atoms with Crippen molar-refractivity contribution in [2.24, 2.45) is 10.7 Å². The molecule has 10 heteroatoms. The van der Waals surface area contributed by atoms with Crippen LogP contribution < -0.4 is 15.8 Å². The summed E-state index contributed by atoms with van der Waals surface area (Å²) < 4.78 is 57.7. The number of anilines is 1. The fourth-order valence-electron chi connectivity index (χ4n) is 2.27. The molecular weight excluding hydrogens is 414 g/mol. The van der Waals surface area contributed by atoms with Gasteiger partial charge in [-0.2, -0.15) is 17.6 Å². The van der Waals surface area contributed by atoms with Gasteiger partial charge in [-0.1, -0.05) is 23.7 Å². The number of para-hydroxylation sites is 2. The molecule has 3 N–H and O–H groups in total. The molecule has 2 aromatic rings. The van der Waals surface area contributed by atoms with Crippen molar-refractivity contribution in [3.63, 3.8) is 0 Å². The lowest BCUT2D eigenvalue weighted by atomic mass is 10.2. The molecule has 2 rings (SSSR count). The van der Waals surface area contributed by atoms with E-state index >= 15 is 0 Å². The van der Waals surface area contributed by atoms with Gasteiger partial charge >= 0.3 is 6.18 Å².